The molecule has 5 rings (SSSR count). The number of nitrogens with two attached hydrogens (primary N) is 1. The number of allylic oxidation sites excluding steroid dienone is 1. The number of aryl methyl sites for hydroxylation is 1. The van der Waals surface area contributed by atoms with Crippen LogP contribution in [0.5, 0.6) is 28.7 Å². The molecule has 35 heavy (non-hydrogen) atoms. The van der Waals surface area contributed by atoms with E-state index >= 15 is 0 Å². The minimum Gasteiger partial charge on any atom is -0.490 e. The second kappa shape index (κ2) is 9.43. The van der Waals surface area contributed by atoms with Crippen LogP contribution in [0.2, 0.25) is 0 Å². The van der Waals surface area contributed by atoms with E-state index in [1.807, 2.05) is 44.2 Å². The largest absolute Gasteiger partial charge is 0.490 e. The highest BCUT2D eigenvalue weighted by Gasteiger charge is 2.35. The molecule has 0 bridgehead atoms. The summed E-state index contributed by atoms with van der Waals surface area (Å²) in [4.78, 5) is 0. The van der Waals surface area contributed by atoms with E-state index in [9.17, 15) is 5.26 Å². The van der Waals surface area contributed by atoms with Crippen LogP contribution >= 0.6 is 15.9 Å². The third kappa shape index (κ3) is 4.35. The Labute approximate surface area is 211 Å². The fourth-order valence-corrected chi connectivity index (χ4v) is 4.72. The van der Waals surface area contributed by atoms with Gasteiger partial charge >= 0.3 is 0 Å². The summed E-state index contributed by atoms with van der Waals surface area (Å²) in [6, 6.07) is 17.7. The molecule has 0 saturated heterocycles. The van der Waals surface area contributed by atoms with Gasteiger partial charge in [-0.2, -0.15) is 5.26 Å². The number of benzene rings is 3. The van der Waals surface area contributed by atoms with E-state index in [-0.39, 0.29) is 12.7 Å². The van der Waals surface area contributed by atoms with Gasteiger partial charge in [-0.05, 0) is 43.2 Å². The van der Waals surface area contributed by atoms with Gasteiger partial charge in [-0.15, -0.1) is 0 Å². The molecule has 0 aromatic heterocycles. The lowest BCUT2D eigenvalue weighted by molar-refractivity contribution is 0.174. The number of halogens is 1. The van der Waals surface area contributed by atoms with Crippen molar-refractivity contribution < 1.29 is 23.7 Å². The topological polar surface area (TPSA) is 96.0 Å². The zero-order chi connectivity index (χ0) is 24.5. The molecule has 0 saturated carbocycles. The lowest BCUT2D eigenvalue weighted by atomic mass is 9.83. The van der Waals surface area contributed by atoms with Crippen LogP contribution in [0.15, 0.2) is 64.5 Å². The molecule has 1 atom stereocenters. The SMILES string of the molecule is CCOc1cc([C@H]2C(C#N)=C(N)Oc3cc4c(cc32)OCO4)c(Br)cc1OCc1ccc(C)cc1. The van der Waals surface area contributed by atoms with Crippen molar-refractivity contribution in [3.8, 4) is 34.8 Å². The van der Waals surface area contributed by atoms with Crippen molar-refractivity contribution in [1.29, 1.82) is 5.26 Å². The summed E-state index contributed by atoms with van der Waals surface area (Å²) in [7, 11) is 0. The first-order valence-corrected chi connectivity index (χ1v) is 11.9. The van der Waals surface area contributed by atoms with Crippen LogP contribution in [-0.4, -0.2) is 13.4 Å². The molecule has 2 heterocycles. The first-order valence-electron chi connectivity index (χ1n) is 11.1. The van der Waals surface area contributed by atoms with Crippen molar-refractivity contribution in [3.63, 3.8) is 0 Å². The molecule has 178 valence electrons. The van der Waals surface area contributed by atoms with E-state index in [0.29, 0.717) is 47.5 Å². The molecule has 7 nitrogen and oxygen atoms in total. The summed E-state index contributed by atoms with van der Waals surface area (Å²) < 4.78 is 29.6. The average Bonchev–Trinajstić information content (AvgIpc) is 3.30. The van der Waals surface area contributed by atoms with Crippen molar-refractivity contribution in [3.05, 3.63) is 86.7 Å². The quantitative estimate of drug-likeness (QED) is 0.434. The van der Waals surface area contributed by atoms with Crippen molar-refractivity contribution in [2.75, 3.05) is 13.4 Å². The Kier molecular flexibility index (Phi) is 6.18. The number of ether oxygens (including phenoxy) is 5. The van der Waals surface area contributed by atoms with Gasteiger partial charge in [0.1, 0.15) is 24.0 Å². The summed E-state index contributed by atoms with van der Waals surface area (Å²) in [5, 5.41) is 9.97. The number of rotatable bonds is 6. The first kappa shape index (κ1) is 22.9. The van der Waals surface area contributed by atoms with E-state index in [4.69, 9.17) is 29.4 Å². The fraction of sp³-hybridized carbons (Fsp3) is 0.222. The molecule has 0 aliphatic carbocycles. The van der Waals surface area contributed by atoms with Crippen molar-refractivity contribution >= 4 is 15.9 Å². The van der Waals surface area contributed by atoms with Gasteiger partial charge in [-0.25, -0.2) is 0 Å². The van der Waals surface area contributed by atoms with E-state index in [1.165, 1.54) is 5.56 Å². The summed E-state index contributed by atoms with van der Waals surface area (Å²) in [6.07, 6.45) is 0. The van der Waals surface area contributed by atoms with Crippen molar-refractivity contribution in [2.24, 2.45) is 5.73 Å². The lowest BCUT2D eigenvalue weighted by Gasteiger charge is -2.28. The molecule has 3 aromatic rings. The monoisotopic (exact) mass is 534 g/mol. The number of fused-ring (bicyclic) bond motifs is 2. The molecular weight excluding hydrogens is 512 g/mol. The second-order valence-corrected chi connectivity index (χ2v) is 9.05. The van der Waals surface area contributed by atoms with E-state index < -0.39 is 5.92 Å². The second-order valence-electron chi connectivity index (χ2n) is 8.20. The standard InChI is InChI=1S/C27H23BrN2O5/c1-3-31-22-8-17(20(28)10-24(22)32-13-16-6-4-15(2)5-7-16)26-18-9-23-25(34-14-33-23)11-21(18)35-27(30)19(26)12-29/h4-11,26H,3,13-14,30H2,1-2H3/t26-/m1/s1. The number of hydrogen-bond donors (Lipinski definition) is 1. The zero-order valence-corrected chi connectivity index (χ0v) is 20.8. The van der Waals surface area contributed by atoms with Crippen LogP contribution in [0.1, 0.15) is 35.1 Å². The van der Waals surface area contributed by atoms with Gasteiger partial charge in [0.25, 0.3) is 0 Å². The zero-order valence-electron chi connectivity index (χ0n) is 19.3. The predicted molar refractivity (Wildman–Crippen MR) is 133 cm³/mol. The molecule has 0 unspecified atom stereocenters. The molecule has 0 radical (unpaired) electrons. The van der Waals surface area contributed by atoms with E-state index in [2.05, 4.69) is 34.1 Å². The maximum atomic E-state index is 9.97. The number of hydrogen-bond acceptors (Lipinski definition) is 7. The van der Waals surface area contributed by atoms with Crippen LogP contribution in [0, 0.1) is 18.3 Å². The van der Waals surface area contributed by atoms with Gasteiger partial charge in [-0.1, -0.05) is 45.8 Å². The fourth-order valence-electron chi connectivity index (χ4n) is 4.17. The summed E-state index contributed by atoms with van der Waals surface area (Å²) in [5.74, 6) is 2.39. The molecule has 0 amide bonds. The summed E-state index contributed by atoms with van der Waals surface area (Å²) in [5.41, 5.74) is 10.2. The minimum atomic E-state index is -0.502. The van der Waals surface area contributed by atoms with Crippen LogP contribution in [0.4, 0.5) is 0 Å². The van der Waals surface area contributed by atoms with Crippen LogP contribution < -0.4 is 29.4 Å². The van der Waals surface area contributed by atoms with Gasteiger partial charge in [0.15, 0.2) is 23.0 Å². The molecule has 0 spiro atoms. The summed E-state index contributed by atoms with van der Waals surface area (Å²) >= 11 is 3.69. The lowest BCUT2D eigenvalue weighted by Crippen LogP contribution is -2.21. The Morgan fingerprint density at radius 2 is 1.71 bits per heavy atom. The Morgan fingerprint density at radius 1 is 1.00 bits per heavy atom. The van der Waals surface area contributed by atoms with Crippen LogP contribution in [-0.2, 0) is 6.61 Å². The normalized spacial score (nSPS) is 15.8. The highest BCUT2D eigenvalue weighted by atomic mass is 79.9. The van der Waals surface area contributed by atoms with Gasteiger partial charge in [0.2, 0.25) is 12.7 Å². The molecular formula is C27H23BrN2O5. The van der Waals surface area contributed by atoms with Crippen LogP contribution in [0.25, 0.3) is 0 Å². The molecule has 0 fully saturated rings. The Morgan fingerprint density at radius 3 is 2.43 bits per heavy atom. The molecule has 8 heteroatoms. The smallest absolute Gasteiger partial charge is 0.231 e. The highest BCUT2D eigenvalue weighted by molar-refractivity contribution is 9.10. The van der Waals surface area contributed by atoms with Gasteiger partial charge in [0, 0.05) is 16.1 Å². The van der Waals surface area contributed by atoms with Crippen LogP contribution in [0.3, 0.4) is 0 Å². The van der Waals surface area contributed by atoms with E-state index in [1.54, 1.807) is 6.07 Å². The van der Waals surface area contributed by atoms with E-state index in [0.717, 1.165) is 21.2 Å². The molecule has 2 N–H and O–H groups in total. The third-order valence-corrected chi connectivity index (χ3v) is 6.59. The minimum absolute atomic E-state index is 0.0495. The predicted octanol–water partition coefficient (Wildman–Crippen LogP) is 5.68. The molecule has 3 aromatic carbocycles. The Bertz CT molecular complexity index is 1360. The maximum Gasteiger partial charge on any atom is 0.231 e. The Hall–Kier alpha value is -3.83. The average molecular weight is 535 g/mol. The first-order chi connectivity index (χ1) is 17.0. The molecule has 2 aliphatic rings. The van der Waals surface area contributed by atoms with Gasteiger partial charge < -0.3 is 29.4 Å². The Balaban J connectivity index is 1.56. The van der Waals surface area contributed by atoms with Gasteiger partial charge in [-0.3, -0.25) is 0 Å². The van der Waals surface area contributed by atoms with Crippen molar-refractivity contribution in [2.45, 2.75) is 26.4 Å². The third-order valence-electron chi connectivity index (χ3n) is 5.90. The summed E-state index contributed by atoms with van der Waals surface area (Å²) in [6.45, 7) is 4.93. The van der Waals surface area contributed by atoms with Crippen molar-refractivity contribution in [1.82, 2.24) is 0 Å². The molecule has 2 aliphatic heterocycles. The highest BCUT2D eigenvalue weighted by Crippen LogP contribution is 2.50. The number of nitrogens with zero attached hydrogens (tertiary/aromatic N) is 1. The van der Waals surface area contributed by atoms with Gasteiger partial charge in [0.05, 0.1) is 12.5 Å². The maximum absolute atomic E-state index is 9.97. The number of nitriles is 1.